The molecule has 1 aliphatic heterocycles. The molecule has 1 saturated heterocycles. The molecule has 2 heterocycles. The van der Waals surface area contributed by atoms with Crippen LogP contribution in [-0.2, 0) is 20.4 Å². The van der Waals surface area contributed by atoms with E-state index in [0.29, 0.717) is 26.2 Å². The number of hydrogen-bond donors (Lipinski definition) is 2. The molecule has 0 aliphatic carbocycles. The fraction of sp³-hybridized carbons (Fsp3) is 0.565. The molecule has 0 saturated carbocycles. The van der Waals surface area contributed by atoms with Crippen LogP contribution in [0.15, 0.2) is 39.5 Å². The Morgan fingerprint density at radius 3 is 2.38 bits per heavy atom. The number of piperazine rings is 1. The van der Waals surface area contributed by atoms with Crippen LogP contribution in [0.2, 0.25) is 0 Å². The van der Waals surface area contributed by atoms with Crippen molar-refractivity contribution in [2.45, 2.75) is 31.7 Å². The van der Waals surface area contributed by atoms with E-state index in [2.05, 4.69) is 22.1 Å². The molecule has 10 nitrogen and oxygen atoms in total. The second-order valence-corrected chi connectivity index (χ2v) is 8.51. The van der Waals surface area contributed by atoms with Crippen LogP contribution < -0.4 is 10.9 Å². The first-order valence-corrected chi connectivity index (χ1v) is 11.7. The van der Waals surface area contributed by atoms with Crippen LogP contribution in [0.25, 0.3) is 0 Å². The second-order valence-electron chi connectivity index (χ2n) is 8.51. The topological polar surface area (TPSA) is 112 Å². The molecule has 0 unspecified atom stereocenters. The van der Waals surface area contributed by atoms with Crippen LogP contribution in [-0.4, -0.2) is 97.9 Å². The van der Waals surface area contributed by atoms with E-state index >= 15 is 0 Å². The van der Waals surface area contributed by atoms with Gasteiger partial charge in [0.2, 0.25) is 5.91 Å². The predicted molar refractivity (Wildman–Crippen MR) is 130 cm³/mol. The maximum Gasteiger partial charge on any atom is 0.423 e. The number of halogens is 6. The number of carbonyl (C=O) groups is 1. The summed E-state index contributed by atoms with van der Waals surface area (Å²) in [6.45, 7) is 5.42. The van der Waals surface area contributed by atoms with Gasteiger partial charge in [0.15, 0.2) is 0 Å². The number of aromatic nitrogens is 2. The van der Waals surface area contributed by atoms with E-state index in [4.69, 9.17) is 9.47 Å². The summed E-state index contributed by atoms with van der Waals surface area (Å²) in [6, 6.07) is -0.773. The lowest BCUT2D eigenvalue weighted by Gasteiger charge is -2.36. The van der Waals surface area contributed by atoms with Gasteiger partial charge in [0, 0.05) is 38.9 Å². The molecule has 1 aliphatic rings. The number of alkyl halides is 6. The van der Waals surface area contributed by atoms with E-state index in [9.17, 15) is 35.9 Å². The van der Waals surface area contributed by atoms with Gasteiger partial charge in [0.25, 0.3) is 5.56 Å². The van der Waals surface area contributed by atoms with Gasteiger partial charge in [0.05, 0.1) is 44.2 Å². The first-order chi connectivity index (χ1) is 18.3. The fourth-order valence-electron chi connectivity index (χ4n) is 3.62. The standard InChI is InChI=1S/C23H30F6N6O4/c1-15(22(24,25)26)4-5-18(30-2)34-7-9-35(10-8-34)19(36)6-11-39-14-16(13-38-3)32-17-12-31-33-21(37)20(17)23(27,28)29/h4-5,12,16H,2,6-11,13-14H2,1,3H3,(H2,32,33,37)/b15-4+,18-5+/t16-/m0/s1. The second kappa shape index (κ2) is 14.1. The Balaban J connectivity index is 1.85. The van der Waals surface area contributed by atoms with Crippen molar-refractivity contribution >= 4 is 18.3 Å². The Labute approximate surface area is 220 Å². The molecular weight excluding hydrogens is 538 g/mol. The van der Waals surface area contributed by atoms with Gasteiger partial charge >= 0.3 is 12.4 Å². The Morgan fingerprint density at radius 2 is 1.82 bits per heavy atom. The minimum atomic E-state index is -4.91. The zero-order valence-corrected chi connectivity index (χ0v) is 21.4. The molecule has 0 radical (unpaired) electrons. The number of nitrogens with one attached hydrogen (secondary N) is 2. The normalized spacial score (nSPS) is 16.3. The Morgan fingerprint density at radius 1 is 1.18 bits per heavy atom. The molecule has 16 heteroatoms. The van der Waals surface area contributed by atoms with Crippen LogP contribution in [0.3, 0.4) is 0 Å². The molecule has 1 aromatic heterocycles. The van der Waals surface area contributed by atoms with Crippen molar-refractivity contribution in [1.29, 1.82) is 0 Å². The number of hydrogen-bond acceptors (Lipinski definition) is 8. The van der Waals surface area contributed by atoms with Gasteiger partial charge in [-0.05, 0) is 19.7 Å². The Hall–Kier alpha value is -3.40. The van der Waals surface area contributed by atoms with E-state index in [-0.39, 0.29) is 38.0 Å². The summed E-state index contributed by atoms with van der Waals surface area (Å²) in [5.41, 5.74) is -4.13. The third kappa shape index (κ3) is 9.69. The smallest absolute Gasteiger partial charge is 0.382 e. The summed E-state index contributed by atoms with van der Waals surface area (Å²) in [5.74, 6) is 0.0314. The number of amides is 1. The van der Waals surface area contributed by atoms with E-state index in [1.807, 2.05) is 0 Å². The average molecular weight is 569 g/mol. The average Bonchev–Trinajstić information content (AvgIpc) is 2.85. The van der Waals surface area contributed by atoms with Crippen molar-refractivity contribution in [3.63, 3.8) is 0 Å². The molecule has 2 N–H and O–H groups in total. The number of ether oxygens (including phenoxy) is 2. The molecule has 1 aromatic rings. The molecule has 1 fully saturated rings. The summed E-state index contributed by atoms with van der Waals surface area (Å²) >= 11 is 0. The van der Waals surface area contributed by atoms with Crippen LogP contribution in [0.1, 0.15) is 18.9 Å². The van der Waals surface area contributed by atoms with E-state index < -0.39 is 40.8 Å². The number of aromatic amines is 1. The molecule has 0 spiro atoms. The van der Waals surface area contributed by atoms with Crippen molar-refractivity contribution < 1.29 is 40.6 Å². The summed E-state index contributed by atoms with van der Waals surface area (Å²) < 4.78 is 88.4. The zero-order valence-electron chi connectivity index (χ0n) is 21.4. The largest absolute Gasteiger partial charge is 0.423 e. The maximum absolute atomic E-state index is 13.3. The Bertz CT molecular complexity index is 1090. The monoisotopic (exact) mass is 568 g/mol. The zero-order chi connectivity index (χ0) is 29.2. The predicted octanol–water partition coefficient (Wildman–Crippen LogP) is 2.82. The number of rotatable bonds is 12. The van der Waals surface area contributed by atoms with Gasteiger partial charge in [0.1, 0.15) is 11.4 Å². The molecule has 0 aromatic carbocycles. The minimum Gasteiger partial charge on any atom is -0.382 e. The molecule has 2 rings (SSSR count). The number of H-pyrrole nitrogens is 1. The van der Waals surface area contributed by atoms with Crippen LogP contribution in [0.4, 0.5) is 32.0 Å². The van der Waals surface area contributed by atoms with Gasteiger partial charge in [-0.25, -0.2) is 10.1 Å². The molecule has 0 bridgehead atoms. The van der Waals surface area contributed by atoms with E-state index in [0.717, 1.165) is 19.2 Å². The number of carbonyl (C=O) groups excluding carboxylic acids is 1. The molecule has 1 atom stereocenters. The SMILES string of the molecule is C=N/C(=C\C=C(/C)C(F)(F)F)N1CCN(C(=O)CCOC[C@H](COC)Nc2cn[nH]c(=O)c2C(F)(F)F)CC1. The van der Waals surface area contributed by atoms with Crippen LogP contribution in [0, 0.1) is 0 Å². The highest BCUT2D eigenvalue weighted by Crippen LogP contribution is 2.31. The first-order valence-electron chi connectivity index (χ1n) is 11.7. The number of methoxy groups -OCH3 is 1. The van der Waals surface area contributed by atoms with Crippen molar-refractivity contribution in [2.75, 3.05) is 58.4 Å². The van der Waals surface area contributed by atoms with Crippen molar-refractivity contribution in [1.82, 2.24) is 20.0 Å². The van der Waals surface area contributed by atoms with E-state index in [1.165, 1.54) is 13.2 Å². The lowest BCUT2D eigenvalue weighted by atomic mass is 10.2. The van der Waals surface area contributed by atoms with Gasteiger partial charge in [-0.3, -0.25) is 9.59 Å². The molecular formula is C23H30F6N6O4. The number of nitrogens with zero attached hydrogens (tertiary/aromatic N) is 4. The van der Waals surface area contributed by atoms with Crippen molar-refractivity contribution in [2.24, 2.45) is 4.99 Å². The third-order valence-electron chi connectivity index (χ3n) is 5.69. The van der Waals surface area contributed by atoms with Gasteiger partial charge in [-0.2, -0.15) is 31.4 Å². The first kappa shape index (κ1) is 31.8. The number of aliphatic imine (C=N–C) groups is 1. The van der Waals surface area contributed by atoms with E-state index in [1.54, 1.807) is 14.9 Å². The molecule has 39 heavy (non-hydrogen) atoms. The Kier molecular flexibility index (Phi) is 11.5. The van der Waals surface area contributed by atoms with Gasteiger partial charge < -0.3 is 24.6 Å². The van der Waals surface area contributed by atoms with Gasteiger partial charge in [-0.1, -0.05) is 6.08 Å². The highest BCUT2D eigenvalue weighted by molar-refractivity contribution is 5.76. The van der Waals surface area contributed by atoms with Gasteiger partial charge in [-0.15, -0.1) is 0 Å². The van der Waals surface area contributed by atoms with Crippen LogP contribution in [0.5, 0.6) is 0 Å². The number of anilines is 1. The minimum absolute atomic E-state index is 0.00398. The summed E-state index contributed by atoms with van der Waals surface area (Å²) in [7, 11) is 1.34. The summed E-state index contributed by atoms with van der Waals surface area (Å²) in [4.78, 5) is 31.3. The fourth-order valence-corrected chi connectivity index (χ4v) is 3.62. The summed E-state index contributed by atoms with van der Waals surface area (Å²) in [6.07, 6.45) is -6.38. The lowest BCUT2D eigenvalue weighted by Crippen LogP contribution is -2.48. The highest BCUT2D eigenvalue weighted by atomic mass is 19.4. The quantitative estimate of drug-likeness (QED) is 0.173. The molecule has 218 valence electrons. The highest BCUT2D eigenvalue weighted by Gasteiger charge is 2.38. The van der Waals surface area contributed by atoms with Crippen molar-refractivity contribution in [3.05, 3.63) is 45.7 Å². The lowest BCUT2D eigenvalue weighted by molar-refractivity contribution is -0.138. The summed E-state index contributed by atoms with van der Waals surface area (Å²) in [5, 5.41) is 7.70. The van der Waals surface area contributed by atoms with Crippen LogP contribution >= 0.6 is 0 Å². The van der Waals surface area contributed by atoms with Crippen molar-refractivity contribution in [3.8, 4) is 0 Å². The maximum atomic E-state index is 13.3. The number of allylic oxidation sites excluding steroid dienone is 3. The molecule has 1 amide bonds. The third-order valence-corrected chi connectivity index (χ3v) is 5.69.